The molecule has 0 amide bonds. The van der Waals surface area contributed by atoms with Crippen molar-refractivity contribution in [1.29, 1.82) is 0 Å². The molecule has 2 heterocycles. The standard InChI is InChI=1S/C18H30N4O2/c1-23-18-15-16(3-4-17(18)19)22-9-7-20(8-10-22)5-2-6-21-11-13-24-14-12-21/h3-4,15H,2,5-14,19H2,1H3. The van der Waals surface area contributed by atoms with Crippen LogP contribution in [0.5, 0.6) is 5.75 Å². The van der Waals surface area contributed by atoms with Crippen molar-refractivity contribution in [3.8, 4) is 5.75 Å². The molecule has 3 rings (SSSR count). The maximum atomic E-state index is 5.90. The van der Waals surface area contributed by atoms with Crippen LogP contribution >= 0.6 is 0 Å². The number of nitrogen functional groups attached to an aromatic ring is 1. The number of benzene rings is 1. The number of nitrogens with two attached hydrogens (primary N) is 1. The van der Waals surface area contributed by atoms with Crippen molar-refractivity contribution in [3.05, 3.63) is 18.2 Å². The van der Waals surface area contributed by atoms with Gasteiger partial charge in [-0.1, -0.05) is 0 Å². The molecule has 0 unspecified atom stereocenters. The van der Waals surface area contributed by atoms with Crippen molar-refractivity contribution in [1.82, 2.24) is 9.80 Å². The Balaban J connectivity index is 1.40. The van der Waals surface area contributed by atoms with Gasteiger partial charge < -0.3 is 20.1 Å². The Labute approximate surface area is 145 Å². The summed E-state index contributed by atoms with van der Waals surface area (Å²) in [5.41, 5.74) is 7.80. The smallest absolute Gasteiger partial charge is 0.143 e. The van der Waals surface area contributed by atoms with Crippen molar-refractivity contribution in [2.24, 2.45) is 0 Å². The third kappa shape index (κ3) is 4.53. The number of hydrogen-bond acceptors (Lipinski definition) is 6. The van der Waals surface area contributed by atoms with E-state index >= 15 is 0 Å². The monoisotopic (exact) mass is 334 g/mol. The molecule has 2 aliphatic heterocycles. The van der Waals surface area contributed by atoms with Crippen molar-refractivity contribution in [3.63, 3.8) is 0 Å². The maximum Gasteiger partial charge on any atom is 0.143 e. The van der Waals surface area contributed by atoms with Gasteiger partial charge in [-0.3, -0.25) is 9.80 Å². The van der Waals surface area contributed by atoms with E-state index in [-0.39, 0.29) is 0 Å². The molecular weight excluding hydrogens is 304 g/mol. The second-order valence-corrected chi connectivity index (χ2v) is 6.56. The van der Waals surface area contributed by atoms with Gasteiger partial charge in [0.25, 0.3) is 0 Å². The van der Waals surface area contributed by atoms with Crippen molar-refractivity contribution < 1.29 is 9.47 Å². The lowest BCUT2D eigenvalue weighted by Gasteiger charge is -2.36. The molecule has 1 aromatic carbocycles. The molecular formula is C18H30N4O2. The quantitative estimate of drug-likeness (QED) is 0.787. The van der Waals surface area contributed by atoms with Gasteiger partial charge >= 0.3 is 0 Å². The van der Waals surface area contributed by atoms with Gasteiger partial charge in [0, 0.05) is 51.0 Å². The number of methoxy groups -OCH3 is 1. The molecule has 24 heavy (non-hydrogen) atoms. The number of morpholine rings is 1. The van der Waals surface area contributed by atoms with Crippen LogP contribution in [0.2, 0.25) is 0 Å². The summed E-state index contributed by atoms with van der Waals surface area (Å²) in [5, 5.41) is 0. The molecule has 0 aliphatic carbocycles. The summed E-state index contributed by atoms with van der Waals surface area (Å²) < 4.78 is 10.7. The first-order chi connectivity index (χ1) is 11.8. The number of nitrogens with zero attached hydrogens (tertiary/aromatic N) is 3. The molecule has 6 nitrogen and oxygen atoms in total. The van der Waals surface area contributed by atoms with E-state index in [1.165, 1.54) is 25.2 Å². The predicted molar refractivity (Wildman–Crippen MR) is 97.9 cm³/mol. The van der Waals surface area contributed by atoms with Crippen LogP contribution in [0.3, 0.4) is 0 Å². The van der Waals surface area contributed by atoms with Crippen LogP contribution in [-0.4, -0.2) is 82.5 Å². The Bertz CT molecular complexity index is 512. The Morgan fingerprint density at radius 3 is 2.33 bits per heavy atom. The highest BCUT2D eigenvalue weighted by atomic mass is 16.5. The average molecular weight is 334 g/mol. The van der Waals surface area contributed by atoms with Crippen LogP contribution in [0.1, 0.15) is 6.42 Å². The minimum atomic E-state index is 0.697. The summed E-state index contributed by atoms with van der Waals surface area (Å²) in [6.07, 6.45) is 1.25. The Morgan fingerprint density at radius 1 is 1.00 bits per heavy atom. The summed E-state index contributed by atoms with van der Waals surface area (Å²) in [6.45, 7) is 10.7. The first-order valence-electron chi connectivity index (χ1n) is 8.97. The number of hydrogen-bond donors (Lipinski definition) is 1. The van der Waals surface area contributed by atoms with Crippen LogP contribution in [0.15, 0.2) is 18.2 Å². The fraction of sp³-hybridized carbons (Fsp3) is 0.667. The predicted octanol–water partition coefficient (Wildman–Crippen LogP) is 1.12. The molecule has 134 valence electrons. The Morgan fingerprint density at radius 2 is 1.67 bits per heavy atom. The van der Waals surface area contributed by atoms with E-state index in [1.807, 2.05) is 12.1 Å². The van der Waals surface area contributed by atoms with E-state index in [2.05, 4.69) is 20.8 Å². The largest absolute Gasteiger partial charge is 0.495 e. The zero-order valence-corrected chi connectivity index (χ0v) is 14.7. The fourth-order valence-corrected chi connectivity index (χ4v) is 3.47. The summed E-state index contributed by atoms with van der Waals surface area (Å²) in [7, 11) is 1.67. The SMILES string of the molecule is COc1cc(N2CCN(CCCN3CCOCC3)CC2)ccc1N. The van der Waals surface area contributed by atoms with Gasteiger partial charge in [0.15, 0.2) is 0 Å². The van der Waals surface area contributed by atoms with Gasteiger partial charge in [0.2, 0.25) is 0 Å². The molecule has 0 bridgehead atoms. The van der Waals surface area contributed by atoms with Gasteiger partial charge in [0.1, 0.15) is 5.75 Å². The normalized spacial score (nSPS) is 20.3. The van der Waals surface area contributed by atoms with E-state index < -0.39 is 0 Å². The summed E-state index contributed by atoms with van der Waals surface area (Å²) >= 11 is 0. The third-order valence-electron chi connectivity index (χ3n) is 5.01. The first kappa shape index (κ1) is 17.3. The number of ether oxygens (including phenoxy) is 2. The summed E-state index contributed by atoms with van der Waals surface area (Å²) in [4.78, 5) is 7.51. The molecule has 2 saturated heterocycles. The second kappa shape index (κ2) is 8.55. The average Bonchev–Trinajstić information content (AvgIpc) is 2.64. The summed E-state index contributed by atoms with van der Waals surface area (Å²) in [5.74, 6) is 0.764. The molecule has 0 saturated carbocycles. The topological polar surface area (TPSA) is 54.2 Å². The molecule has 0 spiro atoms. The summed E-state index contributed by atoms with van der Waals surface area (Å²) in [6, 6.07) is 6.07. The van der Waals surface area contributed by atoms with Crippen molar-refractivity contribution in [2.45, 2.75) is 6.42 Å². The molecule has 2 N–H and O–H groups in total. The van der Waals surface area contributed by atoms with Crippen LogP contribution in [0.25, 0.3) is 0 Å². The zero-order valence-electron chi connectivity index (χ0n) is 14.7. The van der Waals surface area contributed by atoms with Gasteiger partial charge in [-0.2, -0.15) is 0 Å². The van der Waals surface area contributed by atoms with Crippen LogP contribution < -0.4 is 15.4 Å². The Kier molecular flexibility index (Phi) is 6.18. The van der Waals surface area contributed by atoms with Crippen LogP contribution in [-0.2, 0) is 4.74 Å². The first-order valence-corrected chi connectivity index (χ1v) is 8.97. The number of anilines is 2. The molecule has 2 fully saturated rings. The van der Waals surface area contributed by atoms with E-state index in [9.17, 15) is 0 Å². The third-order valence-corrected chi connectivity index (χ3v) is 5.01. The van der Waals surface area contributed by atoms with Gasteiger partial charge in [-0.25, -0.2) is 0 Å². The van der Waals surface area contributed by atoms with Crippen molar-refractivity contribution in [2.75, 3.05) is 83.3 Å². The van der Waals surface area contributed by atoms with Gasteiger partial charge in [-0.15, -0.1) is 0 Å². The minimum absolute atomic E-state index is 0.697. The highest BCUT2D eigenvalue weighted by Gasteiger charge is 2.18. The number of piperazine rings is 1. The molecule has 0 aromatic heterocycles. The minimum Gasteiger partial charge on any atom is -0.495 e. The highest BCUT2D eigenvalue weighted by Crippen LogP contribution is 2.28. The Hall–Kier alpha value is -1.50. The van der Waals surface area contributed by atoms with E-state index in [0.717, 1.165) is 58.2 Å². The molecule has 1 aromatic rings. The van der Waals surface area contributed by atoms with E-state index in [1.54, 1.807) is 7.11 Å². The molecule has 0 radical (unpaired) electrons. The van der Waals surface area contributed by atoms with Crippen LogP contribution in [0, 0.1) is 0 Å². The molecule has 6 heteroatoms. The van der Waals surface area contributed by atoms with Crippen LogP contribution in [0.4, 0.5) is 11.4 Å². The second-order valence-electron chi connectivity index (χ2n) is 6.56. The lowest BCUT2D eigenvalue weighted by Crippen LogP contribution is -2.47. The molecule has 0 atom stereocenters. The van der Waals surface area contributed by atoms with Gasteiger partial charge in [0.05, 0.1) is 26.0 Å². The zero-order chi connectivity index (χ0) is 16.8. The number of rotatable bonds is 6. The molecule has 2 aliphatic rings. The van der Waals surface area contributed by atoms with Crippen molar-refractivity contribution >= 4 is 11.4 Å². The van der Waals surface area contributed by atoms with E-state index in [4.69, 9.17) is 15.2 Å². The lowest BCUT2D eigenvalue weighted by atomic mass is 10.2. The highest BCUT2D eigenvalue weighted by molar-refractivity contribution is 5.62. The van der Waals surface area contributed by atoms with Gasteiger partial charge in [-0.05, 0) is 31.6 Å². The lowest BCUT2D eigenvalue weighted by molar-refractivity contribution is 0.0360. The maximum absolute atomic E-state index is 5.90. The fourth-order valence-electron chi connectivity index (χ4n) is 3.47. The van der Waals surface area contributed by atoms with E-state index in [0.29, 0.717) is 5.69 Å².